The van der Waals surface area contributed by atoms with E-state index < -0.39 is 11.7 Å². The summed E-state index contributed by atoms with van der Waals surface area (Å²) in [5.41, 5.74) is 0.723. The number of amides is 2. The third kappa shape index (κ3) is 5.62. The Bertz CT molecular complexity index is 677. The van der Waals surface area contributed by atoms with E-state index in [1.807, 2.05) is 27.7 Å². The second-order valence-electron chi connectivity index (χ2n) is 7.76. The van der Waals surface area contributed by atoms with Crippen LogP contribution in [0.1, 0.15) is 49.5 Å². The van der Waals surface area contributed by atoms with Gasteiger partial charge in [0.2, 0.25) is 0 Å². The molecule has 0 atom stereocenters. The minimum absolute atomic E-state index is 0.0192. The first-order chi connectivity index (χ1) is 12.1. The number of ether oxygens (including phenoxy) is 1. The van der Waals surface area contributed by atoms with Crippen molar-refractivity contribution in [3.05, 3.63) is 27.7 Å². The molecule has 1 fully saturated rings. The van der Waals surface area contributed by atoms with Crippen molar-refractivity contribution in [3.63, 3.8) is 0 Å². The van der Waals surface area contributed by atoms with Gasteiger partial charge in [-0.05, 0) is 80.1 Å². The first-order valence-electron chi connectivity index (χ1n) is 8.82. The van der Waals surface area contributed by atoms with E-state index in [9.17, 15) is 14.7 Å². The molecule has 1 saturated heterocycles. The molecule has 2 amide bonds. The molecule has 0 unspecified atom stereocenters. The molecule has 1 aromatic rings. The van der Waals surface area contributed by atoms with E-state index in [1.54, 1.807) is 17.0 Å². The molecule has 6 nitrogen and oxygen atoms in total. The van der Waals surface area contributed by atoms with Gasteiger partial charge in [-0.25, -0.2) is 4.79 Å². The lowest BCUT2D eigenvalue weighted by Crippen LogP contribution is -2.42. The van der Waals surface area contributed by atoms with Crippen molar-refractivity contribution >= 4 is 27.9 Å². The van der Waals surface area contributed by atoms with Crippen LogP contribution in [-0.2, 0) is 4.74 Å². The van der Waals surface area contributed by atoms with E-state index in [2.05, 4.69) is 21.2 Å². The number of carbonyl (C=O) groups is 2. The van der Waals surface area contributed by atoms with Crippen LogP contribution in [0.25, 0.3) is 0 Å². The Balaban J connectivity index is 1.87. The van der Waals surface area contributed by atoms with Crippen molar-refractivity contribution in [2.75, 3.05) is 19.6 Å². The molecule has 0 bridgehead atoms. The molecule has 0 spiro atoms. The van der Waals surface area contributed by atoms with Gasteiger partial charge in [-0.3, -0.25) is 4.79 Å². The zero-order chi connectivity index (χ0) is 19.5. The summed E-state index contributed by atoms with van der Waals surface area (Å²) in [5.74, 6) is 0.129. The number of rotatable bonds is 3. The number of piperidine rings is 1. The third-order valence-corrected chi connectivity index (χ3v) is 4.88. The average Bonchev–Trinajstić information content (AvgIpc) is 2.54. The fourth-order valence-corrected chi connectivity index (χ4v) is 3.52. The second kappa shape index (κ2) is 8.29. The second-order valence-corrected chi connectivity index (χ2v) is 8.62. The van der Waals surface area contributed by atoms with Crippen molar-refractivity contribution in [1.82, 2.24) is 10.2 Å². The number of aromatic hydroxyl groups is 1. The number of alkyl carbamates (subject to hydrolysis) is 1. The Kier molecular flexibility index (Phi) is 6.55. The van der Waals surface area contributed by atoms with Crippen molar-refractivity contribution < 1.29 is 19.4 Å². The first-order valence-corrected chi connectivity index (χ1v) is 9.61. The van der Waals surface area contributed by atoms with Crippen LogP contribution in [0.4, 0.5) is 4.79 Å². The lowest BCUT2D eigenvalue weighted by molar-refractivity contribution is 0.0500. The van der Waals surface area contributed by atoms with Crippen LogP contribution in [-0.4, -0.2) is 47.2 Å². The van der Waals surface area contributed by atoms with Gasteiger partial charge in [-0.1, -0.05) is 0 Å². The highest BCUT2D eigenvalue weighted by molar-refractivity contribution is 9.10. The third-order valence-electron chi connectivity index (χ3n) is 4.27. The number of hydrogen-bond donors (Lipinski definition) is 2. The lowest BCUT2D eigenvalue weighted by atomic mass is 9.96. The highest BCUT2D eigenvalue weighted by atomic mass is 79.9. The molecule has 1 heterocycles. The van der Waals surface area contributed by atoms with E-state index in [0.29, 0.717) is 35.6 Å². The molecule has 144 valence electrons. The number of nitrogens with zero attached hydrogens (tertiary/aromatic N) is 1. The Morgan fingerprint density at radius 3 is 2.50 bits per heavy atom. The number of likely N-dealkylation sites (tertiary alicyclic amines) is 1. The minimum atomic E-state index is -0.510. The first kappa shape index (κ1) is 20.6. The molecule has 0 aliphatic carbocycles. The van der Waals surface area contributed by atoms with Gasteiger partial charge < -0.3 is 20.1 Å². The fraction of sp³-hybridized carbons (Fsp3) is 0.579. The van der Waals surface area contributed by atoms with Crippen molar-refractivity contribution in [2.45, 2.75) is 46.1 Å². The number of phenolic OH excluding ortho intramolecular Hbond substituents is 1. The molecule has 0 radical (unpaired) electrons. The van der Waals surface area contributed by atoms with E-state index in [4.69, 9.17) is 4.74 Å². The number of phenols is 1. The van der Waals surface area contributed by atoms with Crippen molar-refractivity contribution in [3.8, 4) is 5.75 Å². The summed E-state index contributed by atoms with van der Waals surface area (Å²) in [6.45, 7) is 9.12. The Labute approximate surface area is 163 Å². The Morgan fingerprint density at radius 1 is 1.31 bits per heavy atom. The number of carbonyl (C=O) groups excluding carboxylic acids is 2. The highest BCUT2D eigenvalue weighted by Crippen LogP contribution is 2.31. The summed E-state index contributed by atoms with van der Waals surface area (Å²) in [4.78, 5) is 26.2. The summed E-state index contributed by atoms with van der Waals surface area (Å²) < 4.78 is 5.76. The molecule has 1 aliphatic rings. The van der Waals surface area contributed by atoms with Crippen LogP contribution in [0.3, 0.4) is 0 Å². The predicted molar refractivity (Wildman–Crippen MR) is 103 cm³/mol. The Morgan fingerprint density at radius 2 is 1.92 bits per heavy atom. The van der Waals surface area contributed by atoms with Crippen LogP contribution >= 0.6 is 15.9 Å². The smallest absolute Gasteiger partial charge is 0.407 e. The van der Waals surface area contributed by atoms with E-state index in [1.165, 1.54) is 0 Å². The molecular weight excluding hydrogens is 400 g/mol. The molecule has 2 N–H and O–H groups in total. The summed E-state index contributed by atoms with van der Waals surface area (Å²) in [6.07, 6.45) is 1.19. The highest BCUT2D eigenvalue weighted by Gasteiger charge is 2.26. The number of benzene rings is 1. The molecule has 26 heavy (non-hydrogen) atoms. The lowest BCUT2D eigenvalue weighted by Gasteiger charge is -2.32. The maximum atomic E-state index is 12.7. The zero-order valence-electron chi connectivity index (χ0n) is 15.8. The summed E-state index contributed by atoms with van der Waals surface area (Å²) >= 11 is 3.28. The number of halogens is 1. The summed E-state index contributed by atoms with van der Waals surface area (Å²) in [7, 11) is 0. The molecule has 1 aromatic carbocycles. The molecule has 1 aliphatic heterocycles. The van der Waals surface area contributed by atoms with Crippen LogP contribution in [0.15, 0.2) is 16.6 Å². The van der Waals surface area contributed by atoms with Crippen LogP contribution in [0.5, 0.6) is 5.75 Å². The van der Waals surface area contributed by atoms with Crippen LogP contribution in [0, 0.1) is 12.8 Å². The van der Waals surface area contributed by atoms with Crippen LogP contribution < -0.4 is 5.32 Å². The van der Waals surface area contributed by atoms with Gasteiger partial charge in [0.25, 0.3) is 5.91 Å². The van der Waals surface area contributed by atoms with Gasteiger partial charge in [0.15, 0.2) is 0 Å². The number of hydrogen-bond acceptors (Lipinski definition) is 4. The van der Waals surface area contributed by atoms with Crippen LogP contribution in [0.2, 0.25) is 0 Å². The van der Waals surface area contributed by atoms with Gasteiger partial charge >= 0.3 is 6.09 Å². The standard InChI is InChI=1S/C19H27BrN2O4/c1-12-9-14(16(23)15(20)10-12)17(24)22-7-5-13(6-8-22)11-21-18(25)26-19(2,3)4/h9-10,13,23H,5-8,11H2,1-4H3,(H,21,25). The van der Waals surface area contributed by atoms with Crippen molar-refractivity contribution in [2.24, 2.45) is 5.92 Å². The van der Waals surface area contributed by atoms with E-state index >= 15 is 0 Å². The molecule has 2 rings (SSSR count). The normalized spacial score (nSPS) is 15.7. The number of aryl methyl sites for hydroxylation is 1. The van der Waals surface area contributed by atoms with Crippen molar-refractivity contribution in [1.29, 1.82) is 0 Å². The monoisotopic (exact) mass is 426 g/mol. The molecule has 0 aromatic heterocycles. The topological polar surface area (TPSA) is 78.9 Å². The maximum absolute atomic E-state index is 12.7. The largest absolute Gasteiger partial charge is 0.506 e. The van der Waals surface area contributed by atoms with Gasteiger partial charge in [0, 0.05) is 19.6 Å². The molecule has 7 heteroatoms. The fourth-order valence-electron chi connectivity index (χ4n) is 2.95. The van der Waals surface area contributed by atoms with Gasteiger partial charge in [0.1, 0.15) is 11.4 Å². The predicted octanol–water partition coefficient (Wildman–Crippen LogP) is 3.84. The van der Waals surface area contributed by atoms with Gasteiger partial charge in [0.05, 0.1) is 10.0 Å². The quantitative estimate of drug-likeness (QED) is 0.769. The molecular formula is C19H27BrN2O4. The van der Waals surface area contributed by atoms with Gasteiger partial charge in [-0.15, -0.1) is 0 Å². The zero-order valence-corrected chi connectivity index (χ0v) is 17.4. The summed E-state index contributed by atoms with van der Waals surface area (Å²) in [6, 6.07) is 3.49. The van der Waals surface area contributed by atoms with E-state index in [-0.39, 0.29) is 11.7 Å². The average molecular weight is 427 g/mol. The summed E-state index contributed by atoms with van der Waals surface area (Å²) in [5, 5.41) is 13.0. The van der Waals surface area contributed by atoms with Gasteiger partial charge in [-0.2, -0.15) is 0 Å². The minimum Gasteiger partial charge on any atom is -0.506 e. The Hall–Kier alpha value is -1.76. The number of nitrogens with one attached hydrogen (secondary N) is 1. The maximum Gasteiger partial charge on any atom is 0.407 e. The molecule has 0 saturated carbocycles. The SMILES string of the molecule is Cc1cc(Br)c(O)c(C(=O)N2CCC(CNC(=O)OC(C)(C)C)CC2)c1. The van der Waals surface area contributed by atoms with E-state index in [0.717, 1.165) is 18.4 Å².